The van der Waals surface area contributed by atoms with E-state index in [9.17, 15) is 5.11 Å². The Morgan fingerprint density at radius 1 is 1.53 bits per heavy atom. The lowest BCUT2D eigenvalue weighted by Gasteiger charge is -2.15. The van der Waals surface area contributed by atoms with Crippen LogP contribution in [0.25, 0.3) is 0 Å². The van der Waals surface area contributed by atoms with Crippen molar-refractivity contribution >= 4 is 11.5 Å². The lowest BCUT2D eigenvalue weighted by atomic mass is 10.1. The predicted octanol–water partition coefficient (Wildman–Crippen LogP) is 0.676. The van der Waals surface area contributed by atoms with Crippen molar-refractivity contribution in [1.82, 2.24) is 5.32 Å². The molecule has 0 aromatic heterocycles. The summed E-state index contributed by atoms with van der Waals surface area (Å²) in [6, 6.07) is 6.83. The van der Waals surface area contributed by atoms with E-state index in [1.165, 1.54) is 7.11 Å². The molecular weight excluding hydrogens is 222 g/mol. The van der Waals surface area contributed by atoms with Crippen LogP contribution in [0.1, 0.15) is 5.56 Å². The Labute approximate surface area is 98.5 Å². The molecule has 6 nitrogen and oxygen atoms in total. The number of amidine groups is 1. The van der Waals surface area contributed by atoms with E-state index in [0.29, 0.717) is 30.3 Å². The van der Waals surface area contributed by atoms with Gasteiger partial charge in [0.2, 0.25) is 0 Å². The van der Waals surface area contributed by atoms with Gasteiger partial charge in [-0.2, -0.15) is 0 Å². The van der Waals surface area contributed by atoms with Crippen LogP contribution in [0.15, 0.2) is 34.6 Å². The molecule has 0 amide bonds. The maximum atomic E-state index is 9.78. The van der Waals surface area contributed by atoms with Crippen LogP contribution in [0.2, 0.25) is 0 Å². The molecule has 90 valence electrons. The number of nitrogens with zero attached hydrogens (tertiary/aromatic N) is 2. The maximum absolute atomic E-state index is 9.78. The van der Waals surface area contributed by atoms with Gasteiger partial charge in [0.15, 0.2) is 11.5 Å². The second-order valence-corrected chi connectivity index (χ2v) is 3.34. The number of hydrogen-bond acceptors (Lipinski definition) is 6. The number of hydrogen-bond donors (Lipinski definition) is 2. The van der Waals surface area contributed by atoms with E-state index in [0.717, 1.165) is 0 Å². The van der Waals surface area contributed by atoms with Gasteiger partial charge in [-0.15, -0.1) is 0 Å². The zero-order chi connectivity index (χ0) is 12.1. The van der Waals surface area contributed by atoms with Crippen LogP contribution in [0, 0.1) is 0 Å². The van der Waals surface area contributed by atoms with Gasteiger partial charge in [-0.05, 0) is 12.1 Å². The van der Waals surface area contributed by atoms with Gasteiger partial charge in [-0.1, -0.05) is 22.4 Å². The van der Waals surface area contributed by atoms with Gasteiger partial charge in [0.05, 0.1) is 6.54 Å². The highest BCUT2D eigenvalue weighted by Crippen LogP contribution is 2.17. The third kappa shape index (κ3) is 2.47. The molecule has 0 saturated heterocycles. The van der Waals surface area contributed by atoms with Crippen molar-refractivity contribution in [3.05, 3.63) is 29.8 Å². The maximum Gasteiger partial charge on any atom is 0.195 e. The molecule has 1 aromatic rings. The largest absolute Gasteiger partial charge is 0.507 e. The quantitative estimate of drug-likeness (QED) is 0.596. The van der Waals surface area contributed by atoms with Gasteiger partial charge in [0, 0.05) is 5.56 Å². The Kier molecular flexibility index (Phi) is 3.44. The van der Waals surface area contributed by atoms with E-state index in [2.05, 4.69) is 15.6 Å². The summed E-state index contributed by atoms with van der Waals surface area (Å²) in [6.45, 7) is 1.14. The summed E-state index contributed by atoms with van der Waals surface area (Å²) in [4.78, 5) is 9.75. The summed E-state index contributed by atoms with van der Waals surface area (Å²) in [7, 11) is 1.43. The minimum Gasteiger partial charge on any atom is -0.507 e. The average Bonchev–Trinajstić information content (AvgIpc) is 2.38. The number of aromatic hydroxyl groups is 1. The number of para-hydroxylation sites is 1. The molecule has 0 unspecified atom stereocenters. The van der Waals surface area contributed by atoms with Crippen molar-refractivity contribution in [3.8, 4) is 5.75 Å². The van der Waals surface area contributed by atoms with Crippen molar-refractivity contribution in [2.24, 2.45) is 10.3 Å². The predicted molar refractivity (Wildman–Crippen MR) is 63.0 cm³/mol. The van der Waals surface area contributed by atoms with Crippen LogP contribution in [0.3, 0.4) is 0 Å². The fraction of sp³-hybridized carbons (Fsp3) is 0.273. The SMILES string of the molecule is CON=C(C1=NOCCN1)c1ccccc1O. The zero-order valence-corrected chi connectivity index (χ0v) is 9.38. The zero-order valence-electron chi connectivity index (χ0n) is 9.38. The van der Waals surface area contributed by atoms with E-state index < -0.39 is 0 Å². The molecular formula is C11H13N3O3. The molecule has 6 heteroatoms. The lowest BCUT2D eigenvalue weighted by Crippen LogP contribution is -2.37. The summed E-state index contributed by atoms with van der Waals surface area (Å²) in [5.74, 6) is 0.554. The molecule has 17 heavy (non-hydrogen) atoms. The van der Waals surface area contributed by atoms with Crippen LogP contribution < -0.4 is 5.32 Å². The number of nitrogens with one attached hydrogen (secondary N) is 1. The molecule has 1 aliphatic heterocycles. The van der Waals surface area contributed by atoms with E-state index in [4.69, 9.17) is 9.68 Å². The van der Waals surface area contributed by atoms with Crippen molar-refractivity contribution in [2.75, 3.05) is 20.3 Å². The van der Waals surface area contributed by atoms with E-state index in [1.54, 1.807) is 24.3 Å². The van der Waals surface area contributed by atoms with Crippen LogP contribution in [0.4, 0.5) is 0 Å². The summed E-state index contributed by atoms with van der Waals surface area (Å²) in [6.07, 6.45) is 0. The topological polar surface area (TPSA) is 75.4 Å². The number of phenols is 1. The summed E-state index contributed by atoms with van der Waals surface area (Å²) >= 11 is 0. The fourth-order valence-electron chi connectivity index (χ4n) is 1.47. The standard InChI is InChI=1S/C11H13N3O3/c1-16-13-10(11-12-6-7-17-14-11)8-4-2-3-5-9(8)15/h2-5,15H,6-7H2,1H3,(H,12,14). The van der Waals surface area contributed by atoms with Crippen molar-refractivity contribution in [3.63, 3.8) is 0 Å². The van der Waals surface area contributed by atoms with Crippen LogP contribution >= 0.6 is 0 Å². The van der Waals surface area contributed by atoms with Crippen molar-refractivity contribution in [1.29, 1.82) is 0 Å². The summed E-state index contributed by atoms with van der Waals surface area (Å²) in [5.41, 5.74) is 0.941. The first-order chi connectivity index (χ1) is 8.33. The second-order valence-electron chi connectivity index (χ2n) is 3.34. The Balaban J connectivity index is 2.39. The molecule has 0 fully saturated rings. The summed E-state index contributed by atoms with van der Waals surface area (Å²) in [5, 5.41) is 20.5. The second kappa shape index (κ2) is 5.20. The number of oxime groups is 2. The van der Waals surface area contributed by atoms with Gasteiger partial charge in [-0.25, -0.2) is 0 Å². The van der Waals surface area contributed by atoms with E-state index in [-0.39, 0.29) is 5.75 Å². The van der Waals surface area contributed by atoms with Gasteiger partial charge in [-0.3, -0.25) is 0 Å². The van der Waals surface area contributed by atoms with Crippen LogP contribution in [0.5, 0.6) is 5.75 Å². The third-order valence-electron chi connectivity index (χ3n) is 2.21. The highest BCUT2D eigenvalue weighted by Gasteiger charge is 2.18. The Bertz CT molecular complexity index is 457. The first-order valence-electron chi connectivity index (χ1n) is 5.16. The Hall–Kier alpha value is -2.24. The molecule has 1 aliphatic rings. The van der Waals surface area contributed by atoms with Crippen LogP contribution in [-0.4, -0.2) is 36.9 Å². The van der Waals surface area contributed by atoms with Crippen molar-refractivity contribution in [2.45, 2.75) is 0 Å². The Morgan fingerprint density at radius 2 is 2.35 bits per heavy atom. The van der Waals surface area contributed by atoms with Crippen LogP contribution in [-0.2, 0) is 9.68 Å². The van der Waals surface area contributed by atoms with Gasteiger partial charge in [0.1, 0.15) is 19.5 Å². The molecule has 0 saturated carbocycles. The molecule has 2 N–H and O–H groups in total. The minimum atomic E-state index is 0.110. The third-order valence-corrected chi connectivity index (χ3v) is 2.21. The van der Waals surface area contributed by atoms with E-state index >= 15 is 0 Å². The van der Waals surface area contributed by atoms with E-state index in [1.807, 2.05) is 0 Å². The summed E-state index contributed by atoms with van der Waals surface area (Å²) < 4.78 is 0. The number of benzene rings is 1. The first-order valence-corrected chi connectivity index (χ1v) is 5.16. The van der Waals surface area contributed by atoms with Crippen molar-refractivity contribution < 1.29 is 14.8 Å². The molecule has 0 atom stereocenters. The normalized spacial score (nSPS) is 15.6. The van der Waals surface area contributed by atoms with Gasteiger partial charge < -0.3 is 20.1 Å². The lowest BCUT2D eigenvalue weighted by molar-refractivity contribution is 0.137. The molecule has 0 spiro atoms. The molecule has 2 rings (SSSR count). The Morgan fingerprint density at radius 3 is 3.00 bits per heavy atom. The molecule has 1 heterocycles. The smallest absolute Gasteiger partial charge is 0.195 e. The average molecular weight is 235 g/mol. The fourth-order valence-corrected chi connectivity index (χ4v) is 1.47. The first kappa shape index (κ1) is 11.3. The van der Waals surface area contributed by atoms with Gasteiger partial charge >= 0.3 is 0 Å². The molecule has 0 radical (unpaired) electrons. The molecule has 0 bridgehead atoms. The highest BCUT2D eigenvalue weighted by molar-refractivity contribution is 6.47. The highest BCUT2D eigenvalue weighted by atomic mass is 16.6. The monoisotopic (exact) mass is 235 g/mol. The number of rotatable bonds is 3. The van der Waals surface area contributed by atoms with Gasteiger partial charge in [0.25, 0.3) is 0 Å². The molecule has 0 aliphatic carbocycles. The minimum absolute atomic E-state index is 0.110. The molecule has 1 aromatic carbocycles. The number of phenolic OH excluding ortho intramolecular Hbond substituents is 1.